The molecule has 4 nitrogen and oxygen atoms in total. The zero-order valence-electron chi connectivity index (χ0n) is 11.4. The lowest BCUT2D eigenvalue weighted by atomic mass is 9.96. The molecule has 0 aromatic heterocycles. The summed E-state index contributed by atoms with van der Waals surface area (Å²) in [4.78, 5) is 0.153. The molecular weight excluding hydrogens is 286 g/mol. The van der Waals surface area contributed by atoms with Crippen molar-refractivity contribution in [1.82, 2.24) is 4.72 Å². The lowest BCUT2D eigenvalue weighted by molar-refractivity contribution is 0.172. The fourth-order valence-corrected chi connectivity index (χ4v) is 3.90. The van der Waals surface area contributed by atoms with Gasteiger partial charge in [0.1, 0.15) is 0 Å². The zero-order chi connectivity index (χ0) is 14.7. The maximum Gasteiger partial charge on any atom is 0.241 e. The highest BCUT2D eigenvalue weighted by Crippen LogP contribution is 2.25. The van der Waals surface area contributed by atoms with Crippen LogP contribution in [0.1, 0.15) is 32.3 Å². The Morgan fingerprint density at radius 3 is 2.37 bits per heavy atom. The number of hydrogen-bond acceptors (Lipinski definition) is 3. The van der Waals surface area contributed by atoms with Crippen molar-refractivity contribution >= 4 is 21.6 Å². The summed E-state index contributed by atoms with van der Waals surface area (Å²) >= 11 is 5.95. The minimum Gasteiger partial charge on any atom is -0.394 e. The van der Waals surface area contributed by atoms with Crippen molar-refractivity contribution in [2.45, 2.75) is 44.0 Å². The van der Waals surface area contributed by atoms with Crippen LogP contribution in [-0.4, -0.2) is 25.7 Å². The van der Waals surface area contributed by atoms with Crippen LogP contribution in [0.15, 0.2) is 23.1 Å². The van der Waals surface area contributed by atoms with Gasteiger partial charge >= 0.3 is 0 Å². The molecule has 2 N–H and O–H groups in total. The van der Waals surface area contributed by atoms with Crippen LogP contribution in [0.5, 0.6) is 0 Å². The first-order chi connectivity index (χ1) is 8.82. The monoisotopic (exact) mass is 305 g/mol. The van der Waals surface area contributed by atoms with Crippen molar-refractivity contribution in [1.29, 1.82) is 0 Å². The first-order valence-corrected chi connectivity index (χ1v) is 8.08. The van der Waals surface area contributed by atoms with Crippen molar-refractivity contribution in [3.05, 3.63) is 28.8 Å². The molecule has 0 aliphatic heterocycles. The maximum atomic E-state index is 12.4. The molecule has 0 unspecified atom stereocenters. The molecule has 1 aromatic rings. The van der Waals surface area contributed by atoms with E-state index in [9.17, 15) is 13.5 Å². The van der Waals surface area contributed by atoms with Crippen LogP contribution in [0.25, 0.3) is 0 Å². The summed E-state index contributed by atoms with van der Waals surface area (Å²) in [6.07, 6.45) is 1.03. The molecule has 0 spiro atoms. The Balaban J connectivity index is 3.22. The van der Waals surface area contributed by atoms with Gasteiger partial charge in [0, 0.05) is 5.02 Å². The molecule has 0 saturated carbocycles. The minimum atomic E-state index is -3.70. The van der Waals surface area contributed by atoms with Crippen LogP contribution in [0.2, 0.25) is 5.02 Å². The lowest BCUT2D eigenvalue weighted by Crippen LogP contribution is -2.50. The van der Waals surface area contributed by atoms with Gasteiger partial charge in [-0.25, -0.2) is 13.1 Å². The molecule has 0 fully saturated rings. The number of aliphatic hydroxyl groups excluding tert-OH is 1. The molecule has 6 heteroatoms. The molecule has 0 atom stereocenters. The van der Waals surface area contributed by atoms with Gasteiger partial charge < -0.3 is 5.11 Å². The average Bonchev–Trinajstić information content (AvgIpc) is 2.39. The van der Waals surface area contributed by atoms with E-state index in [2.05, 4.69) is 4.72 Å². The Bertz CT molecular complexity index is 531. The number of sulfonamides is 1. The quantitative estimate of drug-likeness (QED) is 0.848. The highest BCUT2D eigenvalue weighted by molar-refractivity contribution is 7.89. The Hall–Kier alpha value is -0.620. The average molecular weight is 306 g/mol. The normalized spacial score (nSPS) is 12.7. The topological polar surface area (TPSA) is 66.4 Å². The van der Waals surface area contributed by atoms with Gasteiger partial charge in [-0.15, -0.1) is 0 Å². The molecule has 0 radical (unpaired) electrons. The second-order valence-corrected chi connectivity index (χ2v) is 6.67. The molecule has 19 heavy (non-hydrogen) atoms. The Morgan fingerprint density at radius 2 is 1.89 bits per heavy atom. The third-order valence-corrected chi connectivity index (χ3v) is 5.65. The summed E-state index contributed by atoms with van der Waals surface area (Å²) in [5.41, 5.74) is -0.316. The van der Waals surface area contributed by atoms with Gasteiger partial charge in [0.25, 0.3) is 0 Å². The maximum absolute atomic E-state index is 12.4. The Morgan fingerprint density at radius 1 is 1.32 bits per heavy atom. The minimum absolute atomic E-state index is 0.153. The molecular formula is C13H20ClNO3S. The highest BCUT2D eigenvalue weighted by atomic mass is 35.5. The van der Waals surface area contributed by atoms with Gasteiger partial charge in [-0.1, -0.05) is 31.5 Å². The fourth-order valence-electron chi connectivity index (χ4n) is 1.87. The number of halogens is 1. The van der Waals surface area contributed by atoms with E-state index >= 15 is 0 Å². The standard InChI is InChI=1S/C13H20ClNO3S/c1-4-13(5-2,9-16)15-19(17,18)12-8-6-7-11(14)10(12)3/h6-8,15-16H,4-5,9H2,1-3H3. The predicted octanol–water partition coefficient (Wildman–Crippen LogP) is 2.48. The molecule has 108 valence electrons. The van der Waals surface area contributed by atoms with Gasteiger partial charge in [-0.05, 0) is 37.5 Å². The number of benzene rings is 1. The van der Waals surface area contributed by atoms with E-state index < -0.39 is 15.6 Å². The van der Waals surface area contributed by atoms with Crippen LogP contribution >= 0.6 is 11.6 Å². The van der Waals surface area contributed by atoms with E-state index in [0.717, 1.165) is 0 Å². The molecule has 0 saturated heterocycles. The molecule has 0 aliphatic rings. The number of hydrogen-bond donors (Lipinski definition) is 2. The zero-order valence-corrected chi connectivity index (χ0v) is 13.0. The lowest BCUT2D eigenvalue weighted by Gasteiger charge is -2.30. The molecule has 1 rings (SSSR count). The third kappa shape index (κ3) is 3.48. The number of aliphatic hydroxyl groups is 1. The first-order valence-electron chi connectivity index (χ1n) is 6.22. The second-order valence-electron chi connectivity index (χ2n) is 4.61. The SMILES string of the molecule is CCC(CC)(CO)NS(=O)(=O)c1cccc(Cl)c1C. The van der Waals surface area contributed by atoms with Gasteiger partial charge in [-0.2, -0.15) is 0 Å². The Kier molecular flexibility index (Phi) is 5.38. The summed E-state index contributed by atoms with van der Waals surface area (Å²) in [6.45, 7) is 5.11. The van der Waals surface area contributed by atoms with E-state index in [-0.39, 0.29) is 11.5 Å². The van der Waals surface area contributed by atoms with Crippen molar-refractivity contribution in [3.63, 3.8) is 0 Å². The predicted molar refractivity (Wildman–Crippen MR) is 76.9 cm³/mol. The van der Waals surface area contributed by atoms with Crippen LogP contribution < -0.4 is 4.72 Å². The van der Waals surface area contributed by atoms with Crippen LogP contribution in [0.4, 0.5) is 0 Å². The molecule has 0 amide bonds. The van der Waals surface area contributed by atoms with E-state index in [1.54, 1.807) is 19.1 Å². The molecule has 1 aromatic carbocycles. The number of nitrogens with one attached hydrogen (secondary N) is 1. The Labute approximate surface area is 119 Å². The van der Waals surface area contributed by atoms with E-state index in [4.69, 9.17) is 11.6 Å². The van der Waals surface area contributed by atoms with Crippen molar-refractivity contribution in [3.8, 4) is 0 Å². The van der Waals surface area contributed by atoms with Crippen molar-refractivity contribution in [2.24, 2.45) is 0 Å². The summed E-state index contributed by atoms with van der Waals surface area (Å²) in [7, 11) is -3.70. The largest absolute Gasteiger partial charge is 0.394 e. The van der Waals surface area contributed by atoms with Gasteiger partial charge in [-0.3, -0.25) is 0 Å². The summed E-state index contributed by atoms with van der Waals surface area (Å²) in [5, 5.41) is 9.87. The smallest absolute Gasteiger partial charge is 0.241 e. The van der Waals surface area contributed by atoms with E-state index in [1.165, 1.54) is 6.07 Å². The van der Waals surface area contributed by atoms with Crippen LogP contribution in [-0.2, 0) is 10.0 Å². The molecule has 0 heterocycles. The van der Waals surface area contributed by atoms with Crippen molar-refractivity contribution < 1.29 is 13.5 Å². The number of rotatable bonds is 6. The van der Waals surface area contributed by atoms with Crippen molar-refractivity contribution in [2.75, 3.05) is 6.61 Å². The third-order valence-electron chi connectivity index (χ3n) is 3.51. The van der Waals surface area contributed by atoms with Gasteiger partial charge in [0.2, 0.25) is 10.0 Å². The first kappa shape index (κ1) is 16.4. The second kappa shape index (κ2) is 6.22. The molecule has 0 bridgehead atoms. The summed E-state index contributed by atoms with van der Waals surface area (Å²) in [5.74, 6) is 0. The van der Waals surface area contributed by atoms with E-state index in [0.29, 0.717) is 23.4 Å². The molecule has 0 aliphatic carbocycles. The summed E-state index contributed by atoms with van der Waals surface area (Å²) < 4.78 is 27.4. The van der Waals surface area contributed by atoms with E-state index in [1.807, 2.05) is 13.8 Å². The van der Waals surface area contributed by atoms with Gasteiger partial charge in [0.05, 0.1) is 17.0 Å². The summed E-state index contributed by atoms with van der Waals surface area (Å²) in [6, 6.07) is 4.76. The highest BCUT2D eigenvalue weighted by Gasteiger charge is 2.32. The van der Waals surface area contributed by atoms with Crippen LogP contribution in [0, 0.1) is 6.92 Å². The van der Waals surface area contributed by atoms with Crippen LogP contribution in [0.3, 0.4) is 0 Å². The van der Waals surface area contributed by atoms with Gasteiger partial charge in [0.15, 0.2) is 0 Å². The fraction of sp³-hybridized carbons (Fsp3) is 0.538.